The summed E-state index contributed by atoms with van der Waals surface area (Å²) in [6.45, 7) is 3.81. The second-order valence-electron chi connectivity index (χ2n) is 8.61. The Morgan fingerprint density at radius 1 is 1.12 bits per heavy atom. The van der Waals surface area contributed by atoms with E-state index in [4.69, 9.17) is 11.6 Å². The fourth-order valence-electron chi connectivity index (χ4n) is 4.30. The van der Waals surface area contributed by atoms with Gasteiger partial charge in [-0.05, 0) is 49.9 Å². The number of carbonyl (C=O) groups excluding carboxylic acids is 1. The van der Waals surface area contributed by atoms with E-state index in [2.05, 4.69) is 15.6 Å². The van der Waals surface area contributed by atoms with Crippen molar-refractivity contribution < 1.29 is 18.0 Å². The normalized spacial score (nSPS) is 14.8. The lowest BCUT2D eigenvalue weighted by atomic mass is 9.94. The molecule has 4 nitrogen and oxygen atoms in total. The monoisotopic (exact) mass is 507 g/mol. The molecule has 1 fully saturated rings. The van der Waals surface area contributed by atoms with Crippen molar-refractivity contribution in [2.24, 2.45) is 0 Å². The quantitative estimate of drug-likeness (QED) is 0.367. The van der Waals surface area contributed by atoms with Crippen LogP contribution in [0.3, 0.4) is 0 Å². The second-order valence-corrected chi connectivity index (χ2v) is 10.0. The standard InChI is InChI=1S/C25H25ClF3N3OS/c1-14-12-15(2)20(30-16-8-4-3-5-9-16)19(13-14)31-23(33)21-22(25(27,28)29)32-24(34-21)17-10-6-7-11-18(17)26/h6-7,10-13,16,30H,3-5,8-9H2,1-2H3,(H,31,33). The summed E-state index contributed by atoms with van der Waals surface area (Å²) in [6.07, 6.45) is 0.724. The summed E-state index contributed by atoms with van der Waals surface area (Å²) in [5.74, 6) is -0.847. The van der Waals surface area contributed by atoms with Crippen LogP contribution in [-0.4, -0.2) is 16.9 Å². The first-order valence-corrected chi connectivity index (χ1v) is 12.3. The lowest BCUT2D eigenvalue weighted by Gasteiger charge is -2.26. The first-order valence-electron chi connectivity index (χ1n) is 11.2. The first kappa shape index (κ1) is 24.5. The lowest BCUT2D eigenvalue weighted by Crippen LogP contribution is -2.24. The number of aromatic nitrogens is 1. The van der Waals surface area contributed by atoms with Crippen LogP contribution in [0.15, 0.2) is 36.4 Å². The van der Waals surface area contributed by atoms with Crippen molar-refractivity contribution in [1.29, 1.82) is 0 Å². The van der Waals surface area contributed by atoms with Crippen LogP contribution in [0.2, 0.25) is 5.02 Å². The van der Waals surface area contributed by atoms with E-state index in [1.807, 2.05) is 19.9 Å². The van der Waals surface area contributed by atoms with E-state index in [1.54, 1.807) is 30.3 Å². The summed E-state index contributed by atoms with van der Waals surface area (Å²) < 4.78 is 41.4. The third kappa shape index (κ3) is 5.39. The number of carbonyl (C=O) groups is 1. The highest BCUT2D eigenvalue weighted by molar-refractivity contribution is 7.17. The first-order chi connectivity index (χ1) is 16.1. The average Bonchev–Trinajstić information content (AvgIpc) is 3.23. The Morgan fingerprint density at radius 3 is 2.50 bits per heavy atom. The van der Waals surface area contributed by atoms with Crippen LogP contribution >= 0.6 is 22.9 Å². The zero-order chi connectivity index (χ0) is 24.5. The molecule has 1 amide bonds. The molecule has 2 aromatic carbocycles. The summed E-state index contributed by atoms with van der Waals surface area (Å²) in [7, 11) is 0. The highest BCUT2D eigenvalue weighted by atomic mass is 35.5. The lowest BCUT2D eigenvalue weighted by molar-refractivity contribution is -0.141. The van der Waals surface area contributed by atoms with Gasteiger partial charge in [-0.1, -0.05) is 55.1 Å². The summed E-state index contributed by atoms with van der Waals surface area (Å²) in [6, 6.07) is 10.5. The maximum Gasteiger partial charge on any atom is 0.435 e. The summed E-state index contributed by atoms with van der Waals surface area (Å²) >= 11 is 6.85. The molecule has 2 N–H and O–H groups in total. The van der Waals surface area contributed by atoms with Gasteiger partial charge in [-0.25, -0.2) is 4.98 Å². The fraction of sp³-hybridized carbons (Fsp3) is 0.360. The van der Waals surface area contributed by atoms with E-state index in [-0.39, 0.29) is 16.1 Å². The average molecular weight is 508 g/mol. The van der Waals surface area contributed by atoms with E-state index >= 15 is 0 Å². The van der Waals surface area contributed by atoms with Crippen molar-refractivity contribution in [3.63, 3.8) is 0 Å². The van der Waals surface area contributed by atoms with Gasteiger partial charge in [-0.15, -0.1) is 11.3 Å². The minimum atomic E-state index is -4.78. The predicted octanol–water partition coefficient (Wildman–Crippen LogP) is 8.10. The van der Waals surface area contributed by atoms with Crippen LogP contribution < -0.4 is 10.6 Å². The zero-order valence-corrected chi connectivity index (χ0v) is 20.4. The second kappa shape index (κ2) is 9.96. The third-order valence-corrected chi connectivity index (χ3v) is 7.30. The molecular formula is C25H25ClF3N3OS. The van der Waals surface area contributed by atoms with Crippen molar-refractivity contribution in [3.05, 3.63) is 63.1 Å². The number of rotatable bonds is 5. The maximum absolute atomic E-state index is 13.8. The largest absolute Gasteiger partial charge is 0.435 e. The Morgan fingerprint density at radius 2 is 1.82 bits per heavy atom. The number of anilines is 2. The molecule has 0 radical (unpaired) electrons. The number of hydrogen-bond acceptors (Lipinski definition) is 4. The molecule has 0 saturated heterocycles. The van der Waals surface area contributed by atoms with Gasteiger partial charge in [0.25, 0.3) is 5.91 Å². The molecule has 1 aliphatic carbocycles. The van der Waals surface area contributed by atoms with Gasteiger partial charge in [-0.3, -0.25) is 4.79 Å². The van der Waals surface area contributed by atoms with E-state index in [1.165, 1.54) is 6.42 Å². The minimum Gasteiger partial charge on any atom is -0.380 e. The SMILES string of the molecule is Cc1cc(C)c(NC2CCCCC2)c(NC(=O)c2sc(-c3ccccc3Cl)nc2C(F)(F)F)c1. The number of halogens is 4. The van der Waals surface area contributed by atoms with Crippen LogP contribution in [0.4, 0.5) is 24.5 Å². The number of nitrogens with one attached hydrogen (secondary N) is 2. The molecule has 1 saturated carbocycles. The van der Waals surface area contributed by atoms with Crippen LogP contribution in [0.1, 0.15) is 58.6 Å². The predicted molar refractivity (Wildman–Crippen MR) is 132 cm³/mol. The molecule has 4 rings (SSSR count). The number of thiazole rings is 1. The molecule has 0 unspecified atom stereocenters. The Bertz CT molecular complexity index is 1200. The smallest absolute Gasteiger partial charge is 0.380 e. The van der Waals surface area contributed by atoms with Crippen molar-refractivity contribution in [1.82, 2.24) is 4.98 Å². The van der Waals surface area contributed by atoms with Crippen LogP contribution in [-0.2, 0) is 6.18 Å². The third-order valence-electron chi connectivity index (χ3n) is 5.89. The molecule has 1 aliphatic rings. The van der Waals surface area contributed by atoms with Gasteiger partial charge in [0, 0.05) is 11.6 Å². The molecule has 1 aromatic heterocycles. The highest BCUT2D eigenvalue weighted by Gasteiger charge is 2.40. The Kier molecular flexibility index (Phi) is 7.19. The van der Waals surface area contributed by atoms with Crippen molar-refractivity contribution in [2.75, 3.05) is 10.6 Å². The summed E-state index contributed by atoms with van der Waals surface area (Å²) in [5, 5.41) is 6.56. The molecule has 0 spiro atoms. The van der Waals surface area contributed by atoms with E-state index in [0.29, 0.717) is 22.6 Å². The molecule has 180 valence electrons. The molecule has 1 heterocycles. The van der Waals surface area contributed by atoms with Gasteiger partial charge in [0.05, 0.1) is 16.4 Å². The van der Waals surface area contributed by atoms with Crippen molar-refractivity contribution in [3.8, 4) is 10.6 Å². The maximum atomic E-state index is 13.8. The molecule has 0 bridgehead atoms. The number of nitrogens with zero attached hydrogens (tertiary/aromatic N) is 1. The van der Waals surface area contributed by atoms with Gasteiger partial charge >= 0.3 is 6.18 Å². The number of aryl methyl sites for hydroxylation is 2. The molecule has 3 aromatic rings. The summed E-state index contributed by atoms with van der Waals surface area (Å²) in [5.41, 5.74) is 2.18. The van der Waals surface area contributed by atoms with E-state index in [0.717, 1.165) is 42.5 Å². The van der Waals surface area contributed by atoms with Crippen LogP contribution in [0, 0.1) is 13.8 Å². The van der Waals surface area contributed by atoms with Gasteiger partial charge in [0.2, 0.25) is 0 Å². The molecule has 34 heavy (non-hydrogen) atoms. The van der Waals surface area contributed by atoms with Crippen LogP contribution in [0.5, 0.6) is 0 Å². The fourth-order valence-corrected chi connectivity index (χ4v) is 5.61. The molecule has 0 atom stereocenters. The Labute approximate surface area is 205 Å². The highest BCUT2D eigenvalue weighted by Crippen LogP contribution is 2.40. The minimum absolute atomic E-state index is 0.0454. The van der Waals surface area contributed by atoms with Crippen molar-refractivity contribution in [2.45, 2.75) is 58.2 Å². The Hall–Kier alpha value is -2.58. The molecule has 9 heteroatoms. The number of alkyl halides is 3. The number of amides is 1. The number of hydrogen-bond donors (Lipinski definition) is 2. The molecular weight excluding hydrogens is 483 g/mol. The summed E-state index contributed by atoms with van der Waals surface area (Å²) in [4.78, 5) is 16.4. The van der Waals surface area contributed by atoms with Crippen LogP contribution in [0.25, 0.3) is 10.6 Å². The molecule has 0 aliphatic heterocycles. The van der Waals surface area contributed by atoms with E-state index < -0.39 is 22.7 Å². The van der Waals surface area contributed by atoms with Gasteiger partial charge in [-0.2, -0.15) is 13.2 Å². The van der Waals surface area contributed by atoms with Gasteiger partial charge in [0.1, 0.15) is 9.88 Å². The van der Waals surface area contributed by atoms with E-state index in [9.17, 15) is 18.0 Å². The van der Waals surface area contributed by atoms with Gasteiger partial charge in [0.15, 0.2) is 5.69 Å². The topological polar surface area (TPSA) is 54.0 Å². The van der Waals surface area contributed by atoms with Gasteiger partial charge < -0.3 is 10.6 Å². The zero-order valence-electron chi connectivity index (χ0n) is 18.9. The van der Waals surface area contributed by atoms with Crippen molar-refractivity contribution >= 4 is 40.2 Å². The number of benzene rings is 2. The Balaban J connectivity index is 1.69.